The Morgan fingerprint density at radius 3 is 2.07 bits per heavy atom. The fourth-order valence-electron chi connectivity index (χ4n) is 3.21. The first-order valence-electron chi connectivity index (χ1n) is 8.72. The van der Waals surface area contributed by atoms with Gasteiger partial charge in [0.05, 0.1) is 13.2 Å². The third-order valence-corrected chi connectivity index (χ3v) is 5.05. The summed E-state index contributed by atoms with van der Waals surface area (Å²) in [6.07, 6.45) is -15.7. The molecule has 30 heavy (non-hydrogen) atoms. The number of nitrogens with one attached hydrogen (secondary N) is 1. The Kier molecular flexibility index (Phi) is 8.47. The summed E-state index contributed by atoms with van der Waals surface area (Å²) in [4.78, 5) is 11.5. The first-order valence-corrected chi connectivity index (χ1v) is 10.1. The van der Waals surface area contributed by atoms with Crippen LogP contribution in [0.1, 0.15) is 6.92 Å². The number of hydrogen-bond acceptors (Lipinski definition) is 13. The molecule has 0 aromatic carbocycles. The van der Waals surface area contributed by atoms with Crippen molar-refractivity contribution in [2.24, 2.45) is 0 Å². The summed E-state index contributed by atoms with van der Waals surface area (Å²) in [6.45, 7) is -0.659. The molecule has 2 saturated heterocycles. The maximum atomic E-state index is 11.5. The topological polar surface area (TPSA) is 242 Å². The van der Waals surface area contributed by atoms with Crippen molar-refractivity contribution in [1.29, 1.82) is 0 Å². The number of carbonyl (C=O) groups is 1. The van der Waals surface area contributed by atoms with E-state index in [-0.39, 0.29) is 0 Å². The first-order chi connectivity index (χ1) is 13.9. The molecule has 2 fully saturated rings. The molecule has 1 unspecified atom stereocenters. The van der Waals surface area contributed by atoms with Crippen molar-refractivity contribution >= 4 is 16.3 Å². The molecule has 176 valence electrons. The lowest BCUT2D eigenvalue weighted by Gasteiger charge is -2.47. The molecule has 2 heterocycles. The van der Waals surface area contributed by atoms with Gasteiger partial charge in [0.1, 0.15) is 48.8 Å². The Bertz CT molecular complexity index is 688. The SMILES string of the molecule is CC(=O)N[C@H]1C(O)O[C@H](CO)[C@H](OS(=O)(=O)O)[C@@H]1O[C@@H]1O[C@H](CO)[C@@H](O)[C@H](O)[C@H]1O. The zero-order valence-electron chi connectivity index (χ0n) is 15.6. The highest BCUT2D eigenvalue weighted by atomic mass is 32.3. The molecule has 0 saturated carbocycles. The molecule has 0 aromatic heterocycles. The van der Waals surface area contributed by atoms with Crippen LogP contribution in [0.25, 0.3) is 0 Å². The van der Waals surface area contributed by atoms with Gasteiger partial charge in [-0.2, -0.15) is 8.42 Å². The lowest BCUT2D eigenvalue weighted by molar-refractivity contribution is -0.339. The van der Waals surface area contributed by atoms with Gasteiger partial charge in [-0.1, -0.05) is 0 Å². The number of amides is 1. The van der Waals surface area contributed by atoms with Crippen LogP contribution in [0, 0.1) is 0 Å². The van der Waals surface area contributed by atoms with Crippen LogP contribution in [0.2, 0.25) is 0 Å². The molecule has 8 N–H and O–H groups in total. The zero-order chi connectivity index (χ0) is 22.8. The van der Waals surface area contributed by atoms with Gasteiger partial charge < -0.3 is 50.2 Å². The molecule has 15 nitrogen and oxygen atoms in total. The Morgan fingerprint density at radius 1 is 0.967 bits per heavy atom. The van der Waals surface area contributed by atoms with Crippen LogP contribution < -0.4 is 5.32 Å². The van der Waals surface area contributed by atoms with E-state index in [0.29, 0.717) is 0 Å². The smallest absolute Gasteiger partial charge is 0.394 e. The number of hydrogen-bond donors (Lipinski definition) is 8. The van der Waals surface area contributed by atoms with Crippen molar-refractivity contribution < 1.29 is 66.8 Å². The van der Waals surface area contributed by atoms with Crippen LogP contribution in [0.15, 0.2) is 0 Å². The molecule has 0 aliphatic carbocycles. The van der Waals surface area contributed by atoms with Gasteiger partial charge in [0, 0.05) is 6.92 Å². The van der Waals surface area contributed by atoms with E-state index in [1.165, 1.54) is 0 Å². The number of ether oxygens (including phenoxy) is 3. The van der Waals surface area contributed by atoms with Crippen LogP contribution in [-0.2, 0) is 33.6 Å². The number of aliphatic hydroxyl groups is 6. The molecule has 16 heteroatoms. The molecule has 0 bridgehead atoms. The molecular weight excluding hydrogens is 438 g/mol. The summed E-state index contributed by atoms with van der Waals surface area (Å²) < 4.78 is 51.7. The quantitative estimate of drug-likeness (QED) is 0.164. The minimum Gasteiger partial charge on any atom is -0.394 e. The fraction of sp³-hybridized carbons (Fsp3) is 0.929. The highest BCUT2D eigenvalue weighted by Gasteiger charge is 2.52. The van der Waals surface area contributed by atoms with Crippen molar-refractivity contribution in [3.05, 3.63) is 0 Å². The Hall–Kier alpha value is -1.02. The minimum absolute atomic E-state index is 0.724. The van der Waals surface area contributed by atoms with E-state index >= 15 is 0 Å². The molecular formula is C14H25NO14S. The highest BCUT2D eigenvalue weighted by Crippen LogP contribution is 2.30. The Labute approximate surface area is 170 Å². The predicted octanol–water partition coefficient (Wildman–Crippen LogP) is -5.43. The third-order valence-electron chi connectivity index (χ3n) is 4.59. The summed E-state index contributed by atoms with van der Waals surface area (Å²) in [5.41, 5.74) is 0. The third kappa shape index (κ3) is 5.81. The number of rotatable bonds is 7. The van der Waals surface area contributed by atoms with Gasteiger partial charge in [-0.05, 0) is 0 Å². The molecule has 2 rings (SSSR count). The van der Waals surface area contributed by atoms with Crippen molar-refractivity contribution in [2.45, 2.75) is 68.3 Å². The van der Waals surface area contributed by atoms with Crippen LogP contribution in [-0.4, -0.2) is 124 Å². The first kappa shape index (κ1) is 25.2. The lowest BCUT2D eigenvalue weighted by Crippen LogP contribution is -2.68. The summed E-state index contributed by atoms with van der Waals surface area (Å²) in [6, 6.07) is -1.55. The number of carbonyl (C=O) groups excluding carboxylic acids is 1. The standard InChI is InChI=1S/C14H25NO14S/c1-4(18)15-7-12(11(29-30(23,24)25)6(3-17)26-13(7)22)28-14-10(21)9(20)8(19)5(2-16)27-14/h5-14,16-17,19-22H,2-3H2,1H3,(H,15,18)(H,23,24,25)/t5-,6-,7-,8-,9+,10-,11+,12-,13?,14+/m1/s1. The van der Waals surface area contributed by atoms with Crippen LogP contribution >= 0.6 is 0 Å². The van der Waals surface area contributed by atoms with Gasteiger partial charge in [0.15, 0.2) is 12.6 Å². The fourth-order valence-corrected chi connectivity index (χ4v) is 3.72. The molecule has 0 aromatic rings. The zero-order valence-corrected chi connectivity index (χ0v) is 16.4. The second kappa shape index (κ2) is 10.1. The maximum absolute atomic E-state index is 11.5. The van der Waals surface area contributed by atoms with Crippen LogP contribution in [0.3, 0.4) is 0 Å². The van der Waals surface area contributed by atoms with Gasteiger partial charge in [0.25, 0.3) is 0 Å². The van der Waals surface area contributed by atoms with Gasteiger partial charge >= 0.3 is 10.4 Å². The van der Waals surface area contributed by atoms with Crippen LogP contribution in [0.4, 0.5) is 0 Å². The molecule has 0 spiro atoms. The van der Waals surface area contributed by atoms with Crippen molar-refractivity contribution in [1.82, 2.24) is 5.32 Å². The van der Waals surface area contributed by atoms with Crippen molar-refractivity contribution in [3.8, 4) is 0 Å². The molecule has 10 atom stereocenters. The largest absolute Gasteiger partial charge is 0.397 e. The van der Waals surface area contributed by atoms with Crippen molar-refractivity contribution in [3.63, 3.8) is 0 Å². The second-order valence-corrected chi connectivity index (χ2v) is 7.81. The summed E-state index contributed by atoms with van der Waals surface area (Å²) >= 11 is 0. The van der Waals surface area contributed by atoms with Crippen molar-refractivity contribution in [2.75, 3.05) is 13.2 Å². The second-order valence-electron chi connectivity index (χ2n) is 6.76. The van der Waals surface area contributed by atoms with Gasteiger partial charge in [-0.15, -0.1) is 0 Å². The van der Waals surface area contributed by atoms with E-state index in [4.69, 9.17) is 18.8 Å². The maximum Gasteiger partial charge on any atom is 0.397 e. The van der Waals surface area contributed by atoms with E-state index in [2.05, 4.69) is 9.50 Å². The van der Waals surface area contributed by atoms with Gasteiger partial charge in [-0.25, -0.2) is 4.18 Å². The van der Waals surface area contributed by atoms with Gasteiger partial charge in [-0.3, -0.25) is 9.35 Å². The molecule has 1 amide bonds. The summed E-state index contributed by atoms with van der Waals surface area (Å²) in [5, 5.41) is 61.0. The average molecular weight is 463 g/mol. The normalized spacial score (nSPS) is 42.7. The monoisotopic (exact) mass is 463 g/mol. The van der Waals surface area contributed by atoms with Gasteiger partial charge in [0.2, 0.25) is 5.91 Å². The molecule has 2 aliphatic heterocycles. The summed E-state index contributed by atoms with van der Waals surface area (Å²) in [5.74, 6) is -0.724. The Balaban J connectivity index is 2.39. The number of aliphatic hydroxyl groups excluding tert-OH is 6. The lowest BCUT2D eigenvalue weighted by atomic mass is 9.95. The average Bonchev–Trinajstić information content (AvgIpc) is 2.65. The van der Waals surface area contributed by atoms with E-state index < -0.39 is 90.9 Å². The molecule has 2 aliphatic rings. The van der Waals surface area contributed by atoms with E-state index in [1.807, 2.05) is 0 Å². The van der Waals surface area contributed by atoms with E-state index in [1.54, 1.807) is 0 Å². The Morgan fingerprint density at radius 2 is 1.57 bits per heavy atom. The molecule has 0 radical (unpaired) electrons. The minimum atomic E-state index is -5.16. The van der Waals surface area contributed by atoms with Crippen LogP contribution in [0.5, 0.6) is 0 Å². The van der Waals surface area contributed by atoms with E-state index in [9.17, 15) is 43.9 Å². The predicted molar refractivity (Wildman–Crippen MR) is 90.6 cm³/mol. The van der Waals surface area contributed by atoms with E-state index in [0.717, 1.165) is 6.92 Å². The highest BCUT2D eigenvalue weighted by molar-refractivity contribution is 7.80. The summed E-state index contributed by atoms with van der Waals surface area (Å²) in [7, 11) is -5.16.